The average molecular weight is 227 g/mol. The van der Waals surface area contributed by atoms with Crippen molar-refractivity contribution < 1.29 is 14.3 Å². The molecule has 0 spiro atoms. The third kappa shape index (κ3) is 4.21. The van der Waals surface area contributed by atoms with Crippen molar-refractivity contribution in [1.82, 2.24) is 5.32 Å². The number of ether oxygens (including phenoxy) is 1. The molecule has 0 unspecified atom stereocenters. The Morgan fingerprint density at radius 3 is 2.50 bits per heavy atom. The average Bonchev–Trinajstić information content (AvgIpc) is 2.29. The maximum atomic E-state index is 11.6. The minimum Gasteiger partial charge on any atom is -0.467 e. The first kappa shape index (κ1) is 13.0. The fourth-order valence-corrected chi connectivity index (χ4v) is 2.19. The fraction of sp³-hybridized carbons (Fsp3) is 0.833. The lowest BCUT2D eigenvalue weighted by molar-refractivity contribution is -0.144. The number of carbonyl (C=O) groups is 2. The van der Waals surface area contributed by atoms with Crippen LogP contribution < -0.4 is 5.32 Å². The second-order valence-corrected chi connectivity index (χ2v) is 4.52. The van der Waals surface area contributed by atoms with Gasteiger partial charge in [-0.25, -0.2) is 4.79 Å². The van der Waals surface area contributed by atoms with Crippen LogP contribution in [0.1, 0.15) is 45.4 Å². The first-order chi connectivity index (χ1) is 7.63. The van der Waals surface area contributed by atoms with Crippen molar-refractivity contribution >= 4 is 11.9 Å². The molecule has 0 bridgehead atoms. The number of hydrogen-bond donors (Lipinski definition) is 1. The van der Waals surface area contributed by atoms with E-state index in [2.05, 4.69) is 10.1 Å². The van der Waals surface area contributed by atoms with Gasteiger partial charge in [0.2, 0.25) is 5.91 Å². The SMILES string of the molecule is COC(=O)[C@H](C)NC(=O)CC1CCCCC1. The molecule has 1 N–H and O–H groups in total. The Hall–Kier alpha value is -1.06. The maximum absolute atomic E-state index is 11.6. The Labute approximate surface area is 96.7 Å². The first-order valence-electron chi connectivity index (χ1n) is 6.00. The molecule has 0 aromatic heterocycles. The Morgan fingerprint density at radius 1 is 1.31 bits per heavy atom. The highest BCUT2D eigenvalue weighted by Crippen LogP contribution is 2.26. The topological polar surface area (TPSA) is 55.4 Å². The van der Waals surface area contributed by atoms with Crippen LogP contribution in [0.5, 0.6) is 0 Å². The summed E-state index contributed by atoms with van der Waals surface area (Å²) in [5.74, 6) is 0.0698. The first-order valence-corrected chi connectivity index (χ1v) is 6.00. The van der Waals surface area contributed by atoms with Crippen molar-refractivity contribution in [3.05, 3.63) is 0 Å². The number of esters is 1. The molecule has 16 heavy (non-hydrogen) atoms. The molecular formula is C12H21NO3. The van der Waals surface area contributed by atoms with Gasteiger partial charge in [-0.2, -0.15) is 0 Å². The highest BCUT2D eigenvalue weighted by molar-refractivity contribution is 5.84. The Balaban J connectivity index is 2.26. The fourth-order valence-electron chi connectivity index (χ4n) is 2.19. The van der Waals surface area contributed by atoms with Crippen molar-refractivity contribution in [2.24, 2.45) is 5.92 Å². The number of carbonyl (C=O) groups excluding carboxylic acids is 2. The molecule has 1 aliphatic rings. The van der Waals surface area contributed by atoms with Crippen LogP contribution in [0.4, 0.5) is 0 Å². The summed E-state index contributed by atoms with van der Waals surface area (Å²) in [6, 6.07) is -0.541. The van der Waals surface area contributed by atoms with Crippen molar-refractivity contribution in [2.45, 2.75) is 51.5 Å². The molecule has 0 heterocycles. The molecule has 0 aliphatic heterocycles. The summed E-state index contributed by atoms with van der Waals surface area (Å²) in [6.45, 7) is 1.64. The van der Waals surface area contributed by atoms with Gasteiger partial charge in [0.1, 0.15) is 6.04 Å². The van der Waals surface area contributed by atoms with Crippen LogP contribution in [0.15, 0.2) is 0 Å². The van der Waals surface area contributed by atoms with Gasteiger partial charge in [0, 0.05) is 6.42 Å². The van der Waals surface area contributed by atoms with Crippen LogP contribution in [-0.2, 0) is 14.3 Å². The van der Waals surface area contributed by atoms with Gasteiger partial charge in [0.15, 0.2) is 0 Å². The largest absolute Gasteiger partial charge is 0.467 e. The van der Waals surface area contributed by atoms with Crippen LogP contribution in [0, 0.1) is 5.92 Å². The van der Waals surface area contributed by atoms with E-state index in [0.717, 1.165) is 12.8 Å². The predicted molar refractivity (Wildman–Crippen MR) is 60.8 cm³/mol. The molecule has 92 valence electrons. The molecule has 4 nitrogen and oxygen atoms in total. The number of rotatable bonds is 4. The molecule has 1 rings (SSSR count). The molecule has 1 fully saturated rings. The third-order valence-electron chi connectivity index (χ3n) is 3.13. The molecule has 1 saturated carbocycles. The summed E-state index contributed by atoms with van der Waals surface area (Å²) in [6.07, 6.45) is 6.56. The second-order valence-electron chi connectivity index (χ2n) is 4.52. The number of nitrogens with one attached hydrogen (secondary N) is 1. The van der Waals surface area contributed by atoms with Crippen molar-refractivity contribution in [2.75, 3.05) is 7.11 Å². The van der Waals surface area contributed by atoms with Gasteiger partial charge in [-0.1, -0.05) is 19.3 Å². The zero-order valence-corrected chi connectivity index (χ0v) is 10.1. The van der Waals surface area contributed by atoms with Crippen LogP contribution in [-0.4, -0.2) is 25.0 Å². The van der Waals surface area contributed by atoms with E-state index >= 15 is 0 Å². The van der Waals surface area contributed by atoms with E-state index in [0.29, 0.717) is 12.3 Å². The summed E-state index contributed by atoms with van der Waals surface area (Å²) >= 11 is 0. The van der Waals surface area contributed by atoms with Crippen molar-refractivity contribution in [3.8, 4) is 0 Å². The van der Waals surface area contributed by atoms with E-state index in [-0.39, 0.29) is 5.91 Å². The number of methoxy groups -OCH3 is 1. The van der Waals surface area contributed by atoms with E-state index in [4.69, 9.17) is 0 Å². The molecule has 4 heteroatoms. The minimum atomic E-state index is -0.541. The van der Waals surface area contributed by atoms with Gasteiger partial charge in [-0.15, -0.1) is 0 Å². The Bertz CT molecular complexity index is 247. The molecule has 0 aromatic rings. The molecule has 1 aliphatic carbocycles. The molecule has 0 radical (unpaired) electrons. The molecule has 1 amide bonds. The summed E-state index contributed by atoms with van der Waals surface area (Å²) in [5.41, 5.74) is 0. The van der Waals surface area contributed by atoms with E-state index in [1.54, 1.807) is 6.92 Å². The van der Waals surface area contributed by atoms with E-state index in [1.807, 2.05) is 0 Å². The van der Waals surface area contributed by atoms with Gasteiger partial charge >= 0.3 is 5.97 Å². The smallest absolute Gasteiger partial charge is 0.328 e. The third-order valence-corrected chi connectivity index (χ3v) is 3.13. The molecule has 0 aromatic carbocycles. The minimum absolute atomic E-state index is 0.0372. The number of hydrogen-bond acceptors (Lipinski definition) is 3. The zero-order valence-electron chi connectivity index (χ0n) is 10.1. The van der Waals surface area contributed by atoms with Crippen LogP contribution in [0.3, 0.4) is 0 Å². The van der Waals surface area contributed by atoms with E-state index in [9.17, 15) is 9.59 Å². The van der Waals surface area contributed by atoms with Gasteiger partial charge in [-0.05, 0) is 25.7 Å². The van der Waals surface area contributed by atoms with Crippen molar-refractivity contribution in [3.63, 3.8) is 0 Å². The summed E-state index contributed by atoms with van der Waals surface area (Å²) < 4.78 is 4.55. The standard InChI is InChI=1S/C12H21NO3/c1-9(12(15)16-2)13-11(14)8-10-6-4-3-5-7-10/h9-10H,3-8H2,1-2H3,(H,13,14)/t9-/m0/s1. The number of amides is 1. The summed E-state index contributed by atoms with van der Waals surface area (Å²) in [5, 5.41) is 2.66. The lowest BCUT2D eigenvalue weighted by atomic mass is 9.87. The van der Waals surface area contributed by atoms with Gasteiger partial charge in [-0.3, -0.25) is 4.79 Å². The molecule has 0 saturated heterocycles. The normalized spacial score (nSPS) is 18.9. The predicted octanol–water partition coefficient (Wildman–Crippen LogP) is 1.63. The van der Waals surface area contributed by atoms with Gasteiger partial charge < -0.3 is 10.1 Å². The van der Waals surface area contributed by atoms with E-state index in [1.165, 1.54) is 26.4 Å². The quantitative estimate of drug-likeness (QED) is 0.743. The highest BCUT2D eigenvalue weighted by atomic mass is 16.5. The molecule has 1 atom stereocenters. The summed E-state index contributed by atoms with van der Waals surface area (Å²) in [7, 11) is 1.33. The van der Waals surface area contributed by atoms with Crippen LogP contribution in [0.25, 0.3) is 0 Å². The molecular weight excluding hydrogens is 206 g/mol. The summed E-state index contributed by atoms with van der Waals surface area (Å²) in [4.78, 5) is 22.7. The maximum Gasteiger partial charge on any atom is 0.328 e. The Morgan fingerprint density at radius 2 is 1.94 bits per heavy atom. The van der Waals surface area contributed by atoms with Crippen LogP contribution in [0.2, 0.25) is 0 Å². The lowest BCUT2D eigenvalue weighted by Gasteiger charge is -2.21. The highest BCUT2D eigenvalue weighted by Gasteiger charge is 2.20. The Kier molecular flexibility index (Phi) is 5.29. The monoisotopic (exact) mass is 227 g/mol. The lowest BCUT2D eigenvalue weighted by Crippen LogP contribution is -2.39. The zero-order chi connectivity index (χ0) is 12.0. The second kappa shape index (κ2) is 6.51. The van der Waals surface area contributed by atoms with Gasteiger partial charge in [0.05, 0.1) is 7.11 Å². The van der Waals surface area contributed by atoms with Crippen molar-refractivity contribution in [1.29, 1.82) is 0 Å². The van der Waals surface area contributed by atoms with E-state index < -0.39 is 12.0 Å². The van der Waals surface area contributed by atoms with Crippen LogP contribution >= 0.6 is 0 Å². The van der Waals surface area contributed by atoms with Gasteiger partial charge in [0.25, 0.3) is 0 Å².